The molecule has 0 spiro atoms. The number of hydrogen-bond acceptors (Lipinski definition) is 2. The summed E-state index contributed by atoms with van der Waals surface area (Å²) in [6.07, 6.45) is -2.79. The standard InChI is InChI=1S/C11H13F3N2O2/c1-2-9(17)15-8-4-7-3-6(8)5-16(7)10(18)11(12,13)14/h2,6-8H,1,3-5H2,(H,15,17). The number of piperidine rings is 1. The lowest BCUT2D eigenvalue weighted by Crippen LogP contribution is -2.50. The number of fused-ring (bicyclic) bond motifs is 2. The number of likely N-dealkylation sites (tertiary alicyclic amines) is 1. The molecule has 7 heteroatoms. The lowest BCUT2D eigenvalue weighted by atomic mass is 10.0. The number of hydrogen-bond donors (Lipinski definition) is 1. The van der Waals surface area contributed by atoms with Crippen LogP contribution in [0.15, 0.2) is 12.7 Å². The molecule has 1 heterocycles. The maximum atomic E-state index is 12.3. The fourth-order valence-electron chi connectivity index (χ4n) is 2.78. The fraction of sp³-hybridized carbons (Fsp3) is 0.636. The third-order valence-electron chi connectivity index (χ3n) is 3.56. The van der Waals surface area contributed by atoms with Gasteiger partial charge >= 0.3 is 12.1 Å². The summed E-state index contributed by atoms with van der Waals surface area (Å²) in [6, 6.07) is -0.572. The molecule has 2 fully saturated rings. The predicted molar refractivity (Wildman–Crippen MR) is 56.4 cm³/mol. The van der Waals surface area contributed by atoms with E-state index in [1.807, 2.05) is 0 Å². The molecule has 0 aromatic rings. The lowest BCUT2D eigenvalue weighted by molar-refractivity contribution is -0.187. The van der Waals surface area contributed by atoms with Crippen LogP contribution in [-0.4, -0.2) is 41.5 Å². The highest BCUT2D eigenvalue weighted by Gasteiger charge is 2.53. The quantitative estimate of drug-likeness (QED) is 0.750. The summed E-state index contributed by atoms with van der Waals surface area (Å²) in [6.45, 7) is 3.38. The van der Waals surface area contributed by atoms with Crippen LogP contribution in [0.1, 0.15) is 12.8 Å². The van der Waals surface area contributed by atoms with Crippen molar-refractivity contribution < 1.29 is 22.8 Å². The highest BCUT2D eigenvalue weighted by molar-refractivity contribution is 5.87. The maximum absolute atomic E-state index is 12.3. The highest BCUT2D eigenvalue weighted by Crippen LogP contribution is 2.39. The smallest absolute Gasteiger partial charge is 0.349 e. The Morgan fingerprint density at radius 2 is 2.00 bits per heavy atom. The molecule has 2 aliphatic rings. The van der Waals surface area contributed by atoms with E-state index < -0.39 is 18.1 Å². The number of nitrogens with zero attached hydrogens (tertiary/aromatic N) is 1. The first-order chi connectivity index (χ1) is 8.32. The molecule has 18 heavy (non-hydrogen) atoms. The van der Waals surface area contributed by atoms with Crippen molar-refractivity contribution >= 4 is 11.8 Å². The van der Waals surface area contributed by atoms with Crippen LogP contribution in [-0.2, 0) is 9.59 Å². The molecule has 0 radical (unpaired) electrons. The van der Waals surface area contributed by atoms with Crippen LogP contribution in [0.2, 0.25) is 0 Å². The number of halogens is 3. The minimum Gasteiger partial charge on any atom is -0.349 e. The third kappa shape index (κ3) is 2.21. The topological polar surface area (TPSA) is 49.4 Å². The molecule has 0 aromatic carbocycles. The number of carbonyl (C=O) groups is 2. The van der Waals surface area contributed by atoms with Crippen molar-refractivity contribution in [1.82, 2.24) is 10.2 Å². The molecule has 1 aliphatic carbocycles. The van der Waals surface area contributed by atoms with Crippen molar-refractivity contribution in [2.75, 3.05) is 6.54 Å². The molecule has 1 saturated heterocycles. The van der Waals surface area contributed by atoms with Crippen LogP contribution in [0, 0.1) is 5.92 Å². The van der Waals surface area contributed by atoms with E-state index in [1.54, 1.807) is 0 Å². The molecule has 0 aromatic heterocycles. The predicted octanol–water partition coefficient (Wildman–Crippen LogP) is 0.840. The molecule has 3 atom stereocenters. The largest absolute Gasteiger partial charge is 0.471 e. The molecule has 4 nitrogen and oxygen atoms in total. The van der Waals surface area contributed by atoms with Crippen LogP contribution in [0.5, 0.6) is 0 Å². The fourth-order valence-corrected chi connectivity index (χ4v) is 2.78. The first kappa shape index (κ1) is 12.9. The first-order valence-corrected chi connectivity index (χ1v) is 5.63. The van der Waals surface area contributed by atoms with Gasteiger partial charge in [-0.3, -0.25) is 9.59 Å². The van der Waals surface area contributed by atoms with Gasteiger partial charge in [0, 0.05) is 18.6 Å². The van der Waals surface area contributed by atoms with Crippen LogP contribution in [0.4, 0.5) is 13.2 Å². The van der Waals surface area contributed by atoms with Gasteiger partial charge in [0.25, 0.3) is 0 Å². The van der Waals surface area contributed by atoms with Crippen LogP contribution in [0.3, 0.4) is 0 Å². The van der Waals surface area contributed by atoms with Gasteiger partial charge in [-0.1, -0.05) is 6.58 Å². The molecule has 1 aliphatic heterocycles. The van der Waals surface area contributed by atoms with Crippen molar-refractivity contribution in [2.45, 2.75) is 31.1 Å². The summed E-state index contributed by atoms with van der Waals surface area (Å²) in [7, 11) is 0. The van der Waals surface area contributed by atoms with Gasteiger partial charge in [-0.15, -0.1) is 0 Å². The summed E-state index contributed by atoms with van der Waals surface area (Å²) >= 11 is 0. The molecule has 100 valence electrons. The molecular formula is C11H13F3N2O2. The second-order valence-electron chi connectivity index (χ2n) is 4.66. The number of carbonyl (C=O) groups excluding carboxylic acids is 2. The van der Waals surface area contributed by atoms with Gasteiger partial charge < -0.3 is 10.2 Å². The van der Waals surface area contributed by atoms with E-state index in [4.69, 9.17) is 0 Å². The van der Waals surface area contributed by atoms with Crippen LogP contribution < -0.4 is 5.32 Å². The van der Waals surface area contributed by atoms with Gasteiger partial charge in [-0.25, -0.2) is 0 Å². The monoisotopic (exact) mass is 262 g/mol. The zero-order chi connectivity index (χ0) is 13.5. The maximum Gasteiger partial charge on any atom is 0.471 e. The molecule has 1 saturated carbocycles. The Kier molecular flexibility index (Phi) is 3.08. The van der Waals surface area contributed by atoms with Crippen molar-refractivity contribution in [3.8, 4) is 0 Å². The third-order valence-corrected chi connectivity index (χ3v) is 3.56. The average Bonchev–Trinajstić information content (AvgIpc) is 2.85. The Balaban J connectivity index is 1.97. The Labute approximate surface area is 102 Å². The molecule has 1 N–H and O–H groups in total. The SMILES string of the molecule is C=CC(=O)NC1CC2CC1CN2C(=O)C(F)(F)F. The van der Waals surface area contributed by atoms with Gasteiger partial charge in [-0.05, 0) is 24.8 Å². The molecule has 3 unspecified atom stereocenters. The summed E-state index contributed by atoms with van der Waals surface area (Å²) in [4.78, 5) is 23.1. The minimum absolute atomic E-state index is 0.0606. The average molecular weight is 262 g/mol. The Morgan fingerprint density at radius 3 is 2.44 bits per heavy atom. The summed E-state index contributed by atoms with van der Waals surface area (Å²) in [5, 5.41) is 2.68. The highest BCUT2D eigenvalue weighted by atomic mass is 19.4. The second kappa shape index (κ2) is 4.29. The lowest BCUT2D eigenvalue weighted by Gasteiger charge is -2.32. The Bertz CT molecular complexity index is 394. The van der Waals surface area contributed by atoms with E-state index >= 15 is 0 Å². The van der Waals surface area contributed by atoms with Gasteiger partial charge in [-0.2, -0.15) is 13.2 Å². The van der Waals surface area contributed by atoms with Gasteiger partial charge in [0.1, 0.15) is 0 Å². The van der Waals surface area contributed by atoms with Crippen LogP contribution in [0.25, 0.3) is 0 Å². The van der Waals surface area contributed by atoms with E-state index in [9.17, 15) is 22.8 Å². The van der Waals surface area contributed by atoms with Crippen molar-refractivity contribution in [2.24, 2.45) is 5.92 Å². The summed E-state index contributed by atoms with van der Waals surface area (Å²) < 4.78 is 36.9. The van der Waals surface area contributed by atoms with Crippen molar-refractivity contribution in [3.05, 3.63) is 12.7 Å². The zero-order valence-electron chi connectivity index (χ0n) is 9.54. The van der Waals surface area contributed by atoms with E-state index in [0.29, 0.717) is 12.8 Å². The molecule has 2 rings (SSSR count). The van der Waals surface area contributed by atoms with Crippen molar-refractivity contribution in [3.63, 3.8) is 0 Å². The number of alkyl halides is 3. The summed E-state index contributed by atoms with van der Waals surface area (Å²) in [5.74, 6) is -2.20. The van der Waals surface area contributed by atoms with Crippen LogP contribution >= 0.6 is 0 Å². The Hall–Kier alpha value is -1.53. The normalized spacial score (nSPS) is 30.4. The van der Waals surface area contributed by atoms with Gasteiger partial charge in [0.05, 0.1) is 0 Å². The zero-order valence-corrected chi connectivity index (χ0v) is 9.54. The van der Waals surface area contributed by atoms with Crippen molar-refractivity contribution in [1.29, 1.82) is 0 Å². The Morgan fingerprint density at radius 1 is 1.33 bits per heavy atom. The number of nitrogens with one attached hydrogen (secondary N) is 1. The molecule has 2 bridgehead atoms. The van der Waals surface area contributed by atoms with Gasteiger partial charge in [0.15, 0.2) is 0 Å². The molecule has 2 amide bonds. The van der Waals surface area contributed by atoms with E-state index in [1.165, 1.54) is 0 Å². The number of rotatable bonds is 2. The molecular weight excluding hydrogens is 249 g/mol. The van der Waals surface area contributed by atoms with Gasteiger partial charge in [0.2, 0.25) is 5.91 Å². The first-order valence-electron chi connectivity index (χ1n) is 5.63. The van der Waals surface area contributed by atoms with E-state index in [0.717, 1.165) is 11.0 Å². The van der Waals surface area contributed by atoms with E-state index in [-0.39, 0.29) is 24.4 Å². The second-order valence-corrected chi connectivity index (χ2v) is 4.66. The minimum atomic E-state index is -4.82. The number of amides is 2. The van der Waals surface area contributed by atoms with E-state index in [2.05, 4.69) is 11.9 Å². The summed E-state index contributed by atoms with van der Waals surface area (Å²) in [5.41, 5.74) is 0.